The number of benzene rings is 1. The molecule has 1 aromatic carbocycles. The number of imidazole rings is 1. The van der Waals surface area contributed by atoms with Crippen LogP contribution in [0.25, 0.3) is 0 Å². The lowest BCUT2D eigenvalue weighted by Crippen LogP contribution is -2.45. The van der Waals surface area contributed by atoms with Gasteiger partial charge in [-0.3, -0.25) is 9.59 Å². The number of anilines is 1. The largest absolute Gasteiger partial charge is 0.485 e. The summed E-state index contributed by atoms with van der Waals surface area (Å²) in [5, 5.41) is 14.7. The lowest BCUT2D eigenvalue weighted by atomic mass is 9.99. The van der Waals surface area contributed by atoms with E-state index in [2.05, 4.69) is 20.6 Å². The zero-order chi connectivity index (χ0) is 23.0. The molecule has 0 aliphatic rings. The number of aromatic amines is 1. The molecule has 0 unspecified atom stereocenters. The number of carboxylic acids is 1. The van der Waals surface area contributed by atoms with E-state index < -0.39 is 24.0 Å². The standard InChI is InChI=1S/C21H29N5O5/c1-4-12(3)18(21(29)30)26-19(27)13-6-7-16(25-20(28)15(22)5-2)17(8-13)31-10-14-9-23-11-24-14/h6-9,11-12,15,18H,4-5,10,22H2,1-3H3,(H,23,24)(H,25,28)(H,26,27)(H,29,30)/t12-,15-,18-/m0/s1. The maximum absolute atomic E-state index is 12.7. The normalized spacial score (nSPS) is 13.7. The molecular formula is C21H29N5O5. The molecule has 6 N–H and O–H groups in total. The smallest absolute Gasteiger partial charge is 0.326 e. The third kappa shape index (κ3) is 6.54. The number of amides is 2. The fraction of sp³-hybridized carbons (Fsp3) is 0.429. The van der Waals surface area contributed by atoms with E-state index in [1.165, 1.54) is 24.5 Å². The summed E-state index contributed by atoms with van der Waals surface area (Å²) in [7, 11) is 0. The fourth-order valence-corrected chi connectivity index (χ4v) is 2.72. The number of nitrogens with zero attached hydrogens (tertiary/aromatic N) is 1. The SMILES string of the molecule is CC[C@H](N)C(=O)Nc1ccc(C(=O)N[C@H](C(=O)O)[C@@H](C)CC)cc1OCc1cnc[nH]1. The Kier molecular flexibility index (Phi) is 8.56. The van der Waals surface area contributed by atoms with E-state index in [0.29, 0.717) is 24.2 Å². The first-order valence-corrected chi connectivity index (χ1v) is 10.1. The van der Waals surface area contributed by atoms with E-state index in [1.807, 2.05) is 6.92 Å². The quantitative estimate of drug-likeness (QED) is 0.363. The predicted octanol–water partition coefficient (Wildman–Crippen LogP) is 1.89. The fourth-order valence-electron chi connectivity index (χ4n) is 2.72. The number of carboxylic acid groups (broad SMARTS) is 1. The van der Waals surface area contributed by atoms with E-state index in [0.717, 1.165) is 0 Å². The van der Waals surface area contributed by atoms with Gasteiger partial charge in [-0.1, -0.05) is 27.2 Å². The zero-order valence-corrected chi connectivity index (χ0v) is 17.8. The molecular weight excluding hydrogens is 402 g/mol. The highest BCUT2D eigenvalue weighted by molar-refractivity contribution is 5.99. The average Bonchev–Trinajstić information content (AvgIpc) is 3.28. The van der Waals surface area contributed by atoms with Crippen molar-refractivity contribution < 1.29 is 24.2 Å². The van der Waals surface area contributed by atoms with Gasteiger partial charge in [0.1, 0.15) is 18.4 Å². The average molecular weight is 431 g/mol. The molecule has 31 heavy (non-hydrogen) atoms. The minimum atomic E-state index is -1.10. The van der Waals surface area contributed by atoms with E-state index in [-0.39, 0.29) is 29.7 Å². The molecule has 2 amide bonds. The lowest BCUT2D eigenvalue weighted by molar-refractivity contribution is -0.140. The molecule has 0 spiro atoms. The van der Waals surface area contributed by atoms with Gasteiger partial charge >= 0.3 is 5.97 Å². The van der Waals surface area contributed by atoms with Gasteiger partial charge in [-0.2, -0.15) is 0 Å². The third-order valence-electron chi connectivity index (χ3n) is 4.98. The molecule has 10 nitrogen and oxygen atoms in total. The molecule has 2 rings (SSSR count). The Labute approximate surface area is 180 Å². The topological polar surface area (TPSA) is 159 Å². The molecule has 0 aliphatic heterocycles. The van der Waals surface area contributed by atoms with Crippen LogP contribution < -0.4 is 21.1 Å². The second-order valence-electron chi connectivity index (χ2n) is 7.26. The van der Waals surface area contributed by atoms with Gasteiger partial charge in [0.2, 0.25) is 5.91 Å². The molecule has 0 saturated heterocycles. The summed E-state index contributed by atoms with van der Waals surface area (Å²) < 4.78 is 5.78. The van der Waals surface area contributed by atoms with Crippen molar-refractivity contribution in [3.63, 3.8) is 0 Å². The van der Waals surface area contributed by atoms with Crippen molar-refractivity contribution in [3.05, 3.63) is 42.0 Å². The molecule has 0 saturated carbocycles. The second kappa shape index (κ2) is 11.1. The van der Waals surface area contributed by atoms with Crippen molar-refractivity contribution in [3.8, 4) is 5.75 Å². The number of carbonyl (C=O) groups excluding carboxylic acids is 2. The Bertz CT molecular complexity index is 900. The summed E-state index contributed by atoms with van der Waals surface area (Å²) in [6.45, 7) is 5.53. The Morgan fingerprint density at radius 3 is 2.58 bits per heavy atom. The summed E-state index contributed by atoms with van der Waals surface area (Å²) >= 11 is 0. The zero-order valence-electron chi connectivity index (χ0n) is 17.8. The van der Waals surface area contributed by atoms with Gasteiger partial charge in [0, 0.05) is 5.56 Å². The highest BCUT2D eigenvalue weighted by atomic mass is 16.5. The maximum Gasteiger partial charge on any atom is 0.326 e. The van der Waals surface area contributed by atoms with E-state index in [1.54, 1.807) is 20.0 Å². The Hall–Kier alpha value is -3.40. The van der Waals surface area contributed by atoms with Gasteiger partial charge in [-0.15, -0.1) is 0 Å². The van der Waals surface area contributed by atoms with E-state index in [4.69, 9.17) is 10.5 Å². The molecule has 1 heterocycles. The first kappa shape index (κ1) is 23.9. The third-order valence-corrected chi connectivity index (χ3v) is 4.98. The molecule has 168 valence electrons. The summed E-state index contributed by atoms with van der Waals surface area (Å²) in [5.41, 5.74) is 7.03. The molecule has 10 heteroatoms. The van der Waals surface area contributed by atoms with Gasteiger partial charge in [0.25, 0.3) is 5.91 Å². The van der Waals surface area contributed by atoms with Gasteiger partial charge in [-0.25, -0.2) is 9.78 Å². The van der Waals surface area contributed by atoms with Crippen molar-refractivity contribution in [1.29, 1.82) is 0 Å². The summed E-state index contributed by atoms with van der Waals surface area (Å²) in [6, 6.07) is 2.76. The summed E-state index contributed by atoms with van der Waals surface area (Å²) in [6.07, 6.45) is 4.15. The van der Waals surface area contributed by atoms with E-state index in [9.17, 15) is 19.5 Å². The van der Waals surface area contributed by atoms with Crippen LogP contribution in [0.5, 0.6) is 5.75 Å². The number of rotatable bonds is 11. The monoisotopic (exact) mass is 431 g/mol. The van der Waals surface area contributed by atoms with Crippen molar-refractivity contribution >= 4 is 23.5 Å². The molecule has 0 radical (unpaired) electrons. The minimum absolute atomic E-state index is 0.123. The van der Waals surface area contributed by atoms with Gasteiger partial charge in [-0.05, 0) is 30.5 Å². The maximum atomic E-state index is 12.7. The van der Waals surface area contributed by atoms with Crippen LogP contribution in [-0.4, -0.2) is 44.9 Å². The molecule has 3 atom stereocenters. The number of ether oxygens (including phenoxy) is 1. The predicted molar refractivity (Wildman–Crippen MR) is 115 cm³/mol. The first-order valence-electron chi connectivity index (χ1n) is 10.1. The number of aromatic nitrogens is 2. The van der Waals surface area contributed by atoms with Gasteiger partial charge < -0.3 is 31.2 Å². The van der Waals surface area contributed by atoms with Crippen molar-refractivity contribution in [2.75, 3.05) is 5.32 Å². The Balaban J connectivity index is 2.27. The lowest BCUT2D eigenvalue weighted by Gasteiger charge is -2.21. The van der Waals surface area contributed by atoms with Crippen LogP contribution in [0.1, 0.15) is 49.7 Å². The molecule has 2 aromatic rings. The molecule has 0 bridgehead atoms. The van der Waals surface area contributed by atoms with Gasteiger partial charge in [0.05, 0.1) is 29.9 Å². The highest BCUT2D eigenvalue weighted by Crippen LogP contribution is 2.27. The van der Waals surface area contributed by atoms with Crippen molar-refractivity contribution in [2.24, 2.45) is 11.7 Å². The number of hydrogen-bond donors (Lipinski definition) is 5. The molecule has 0 aliphatic carbocycles. The second-order valence-corrected chi connectivity index (χ2v) is 7.26. The van der Waals surface area contributed by atoms with Gasteiger partial charge in [0.15, 0.2) is 0 Å². The Morgan fingerprint density at radius 2 is 2.00 bits per heavy atom. The highest BCUT2D eigenvalue weighted by Gasteiger charge is 2.26. The van der Waals surface area contributed by atoms with Crippen LogP contribution in [0.4, 0.5) is 5.69 Å². The van der Waals surface area contributed by atoms with Crippen LogP contribution in [0.3, 0.4) is 0 Å². The number of nitrogens with one attached hydrogen (secondary N) is 3. The Morgan fingerprint density at radius 1 is 1.26 bits per heavy atom. The molecule has 0 fully saturated rings. The number of nitrogens with two attached hydrogens (primary N) is 1. The van der Waals surface area contributed by atoms with Crippen molar-refractivity contribution in [1.82, 2.24) is 15.3 Å². The number of aliphatic carboxylic acids is 1. The van der Waals surface area contributed by atoms with Crippen LogP contribution in [0.15, 0.2) is 30.7 Å². The number of H-pyrrole nitrogens is 1. The summed E-state index contributed by atoms with van der Waals surface area (Å²) in [4.78, 5) is 43.3. The van der Waals surface area contributed by atoms with Crippen LogP contribution >= 0.6 is 0 Å². The van der Waals surface area contributed by atoms with Crippen LogP contribution in [0, 0.1) is 5.92 Å². The molecule has 1 aromatic heterocycles. The first-order chi connectivity index (χ1) is 14.8. The van der Waals surface area contributed by atoms with Crippen LogP contribution in [0.2, 0.25) is 0 Å². The number of carbonyl (C=O) groups is 3. The number of hydrogen-bond acceptors (Lipinski definition) is 6. The van der Waals surface area contributed by atoms with Crippen molar-refractivity contribution in [2.45, 2.75) is 52.3 Å². The van der Waals surface area contributed by atoms with E-state index >= 15 is 0 Å². The summed E-state index contributed by atoms with van der Waals surface area (Å²) in [5.74, 6) is -2.03. The minimum Gasteiger partial charge on any atom is -0.485 e. The van der Waals surface area contributed by atoms with Crippen LogP contribution in [-0.2, 0) is 16.2 Å².